The predicted molar refractivity (Wildman–Crippen MR) is 95.6 cm³/mol. The Bertz CT molecular complexity index is 682. The molecule has 0 amide bonds. The van der Waals surface area contributed by atoms with Gasteiger partial charge in [-0.1, -0.05) is 12.1 Å². The van der Waals surface area contributed by atoms with Gasteiger partial charge in [-0.2, -0.15) is 0 Å². The molecule has 7 heteroatoms. The third-order valence-electron chi connectivity index (χ3n) is 4.43. The fraction of sp³-hybridized carbons (Fsp3) is 0.588. The van der Waals surface area contributed by atoms with Crippen molar-refractivity contribution in [3.8, 4) is 0 Å². The van der Waals surface area contributed by atoms with Crippen LogP contribution < -0.4 is 10.6 Å². The molecule has 1 atom stereocenters. The van der Waals surface area contributed by atoms with Gasteiger partial charge >= 0.3 is 0 Å². The first-order chi connectivity index (χ1) is 11.2. The van der Waals surface area contributed by atoms with Gasteiger partial charge < -0.3 is 10.6 Å². The third kappa shape index (κ3) is 5.47. The highest BCUT2D eigenvalue weighted by Crippen LogP contribution is 2.47. The van der Waals surface area contributed by atoms with Gasteiger partial charge in [-0.15, -0.1) is 0 Å². The second-order valence-corrected chi connectivity index (χ2v) is 8.94. The summed E-state index contributed by atoms with van der Waals surface area (Å²) in [5, 5.41) is 6.52. The lowest BCUT2D eigenvalue weighted by atomic mass is 9.96. The SMILES string of the molecule is CN=C(NCC1(c2ccc(F)cc2)CC1)NC(C)CCS(C)(=O)=O. The molecule has 1 aliphatic rings. The summed E-state index contributed by atoms with van der Waals surface area (Å²) in [6, 6.07) is 6.68. The van der Waals surface area contributed by atoms with E-state index in [9.17, 15) is 12.8 Å². The van der Waals surface area contributed by atoms with Crippen LogP contribution in [0.3, 0.4) is 0 Å². The first kappa shape index (κ1) is 18.7. The topological polar surface area (TPSA) is 70.6 Å². The van der Waals surface area contributed by atoms with Crippen molar-refractivity contribution < 1.29 is 12.8 Å². The van der Waals surface area contributed by atoms with E-state index in [0.717, 1.165) is 24.9 Å². The number of benzene rings is 1. The minimum atomic E-state index is -2.96. The lowest BCUT2D eigenvalue weighted by Crippen LogP contribution is -2.45. The maximum absolute atomic E-state index is 13.1. The number of aliphatic imine (C=N–C) groups is 1. The van der Waals surface area contributed by atoms with Crippen molar-refractivity contribution in [3.05, 3.63) is 35.6 Å². The monoisotopic (exact) mass is 355 g/mol. The van der Waals surface area contributed by atoms with Crippen molar-refractivity contribution in [2.24, 2.45) is 4.99 Å². The molecule has 1 aromatic carbocycles. The first-order valence-corrected chi connectivity index (χ1v) is 10.2. The molecule has 0 aromatic heterocycles. The van der Waals surface area contributed by atoms with Gasteiger partial charge in [0.05, 0.1) is 5.75 Å². The number of guanidine groups is 1. The molecule has 2 rings (SSSR count). The molecular formula is C17H26FN3O2S. The normalized spacial score (nSPS) is 18.1. The summed E-state index contributed by atoms with van der Waals surface area (Å²) in [5.41, 5.74) is 1.18. The van der Waals surface area contributed by atoms with Gasteiger partial charge in [0.15, 0.2) is 5.96 Å². The lowest BCUT2D eigenvalue weighted by Gasteiger charge is -2.21. The van der Waals surface area contributed by atoms with Crippen LogP contribution in [0.5, 0.6) is 0 Å². The zero-order valence-electron chi connectivity index (χ0n) is 14.5. The standard InChI is InChI=1S/C17H26FN3O2S/c1-13(8-11-24(3,22)23)21-16(19-2)20-12-17(9-10-17)14-4-6-15(18)7-5-14/h4-7,13H,8-12H2,1-3H3,(H2,19,20,21). The molecule has 2 N–H and O–H groups in total. The van der Waals surface area contributed by atoms with Crippen molar-refractivity contribution in [3.63, 3.8) is 0 Å². The Morgan fingerprint density at radius 2 is 1.96 bits per heavy atom. The average molecular weight is 355 g/mol. The van der Waals surface area contributed by atoms with Crippen LogP contribution in [-0.4, -0.2) is 46.0 Å². The van der Waals surface area contributed by atoms with E-state index in [1.807, 2.05) is 19.1 Å². The molecule has 0 saturated heterocycles. The van der Waals surface area contributed by atoms with E-state index in [4.69, 9.17) is 0 Å². The van der Waals surface area contributed by atoms with Gasteiger partial charge in [-0.05, 0) is 43.9 Å². The molecule has 1 saturated carbocycles. The molecule has 0 radical (unpaired) electrons. The fourth-order valence-electron chi connectivity index (χ4n) is 2.67. The zero-order chi connectivity index (χ0) is 17.8. The van der Waals surface area contributed by atoms with Crippen LogP contribution in [0.2, 0.25) is 0 Å². The van der Waals surface area contributed by atoms with E-state index in [-0.39, 0.29) is 23.0 Å². The highest BCUT2D eigenvalue weighted by molar-refractivity contribution is 7.90. The number of hydrogen-bond acceptors (Lipinski definition) is 3. The summed E-state index contributed by atoms with van der Waals surface area (Å²) < 4.78 is 35.6. The minimum absolute atomic E-state index is 0.00639. The van der Waals surface area contributed by atoms with Crippen LogP contribution in [0.15, 0.2) is 29.3 Å². The van der Waals surface area contributed by atoms with E-state index in [1.54, 1.807) is 7.05 Å². The molecule has 1 aliphatic carbocycles. The van der Waals surface area contributed by atoms with Gasteiger partial charge in [0.1, 0.15) is 15.7 Å². The molecule has 0 spiro atoms. The van der Waals surface area contributed by atoms with Crippen LogP contribution in [0.1, 0.15) is 31.7 Å². The summed E-state index contributed by atoms with van der Waals surface area (Å²) in [4.78, 5) is 4.20. The molecule has 24 heavy (non-hydrogen) atoms. The van der Waals surface area contributed by atoms with Crippen molar-refractivity contribution in [2.45, 2.75) is 37.6 Å². The van der Waals surface area contributed by atoms with Crippen LogP contribution in [0.4, 0.5) is 4.39 Å². The predicted octanol–water partition coefficient (Wildman–Crippen LogP) is 1.85. The molecule has 0 heterocycles. The van der Waals surface area contributed by atoms with Gasteiger partial charge in [0.25, 0.3) is 0 Å². The first-order valence-electron chi connectivity index (χ1n) is 8.15. The van der Waals surface area contributed by atoms with Crippen molar-refractivity contribution in [2.75, 3.05) is 25.6 Å². The molecule has 1 aromatic rings. The molecule has 134 valence electrons. The quantitative estimate of drug-likeness (QED) is 0.578. The molecule has 0 aliphatic heterocycles. The van der Waals surface area contributed by atoms with Crippen LogP contribution in [-0.2, 0) is 15.3 Å². The number of sulfone groups is 1. The highest BCUT2D eigenvalue weighted by Gasteiger charge is 2.44. The van der Waals surface area contributed by atoms with E-state index < -0.39 is 9.84 Å². The van der Waals surface area contributed by atoms with Crippen molar-refractivity contribution >= 4 is 15.8 Å². The van der Waals surface area contributed by atoms with Gasteiger partial charge in [-0.3, -0.25) is 4.99 Å². The van der Waals surface area contributed by atoms with Crippen LogP contribution >= 0.6 is 0 Å². The molecule has 1 fully saturated rings. The summed E-state index contributed by atoms with van der Waals surface area (Å²) in [6.07, 6.45) is 3.90. The molecule has 1 unspecified atom stereocenters. The van der Waals surface area contributed by atoms with Crippen molar-refractivity contribution in [1.82, 2.24) is 10.6 Å². The number of hydrogen-bond donors (Lipinski definition) is 2. The maximum Gasteiger partial charge on any atom is 0.191 e. The largest absolute Gasteiger partial charge is 0.356 e. The smallest absolute Gasteiger partial charge is 0.191 e. The van der Waals surface area contributed by atoms with E-state index in [0.29, 0.717) is 12.4 Å². The average Bonchev–Trinajstić information content (AvgIpc) is 3.30. The number of nitrogens with zero attached hydrogens (tertiary/aromatic N) is 1. The van der Waals surface area contributed by atoms with Crippen LogP contribution in [0.25, 0.3) is 0 Å². The van der Waals surface area contributed by atoms with Gasteiger partial charge in [-0.25, -0.2) is 12.8 Å². The Kier molecular flexibility index (Phi) is 5.85. The highest BCUT2D eigenvalue weighted by atomic mass is 32.2. The summed E-state index contributed by atoms with van der Waals surface area (Å²) in [7, 11) is -1.27. The third-order valence-corrected chi connectivity index (χ3v) is 5.41. The van der Waals surface area contributed by atoms with Gasteiger partial charge in [0.2, 0.25) is 0 Å². The summed E-state index contributed by atoms with van der Waals surface area (Å²) in [6.45, 7) is 2.65. The maximum atomic E-state index is 13.1. The lowest BCUT2D eigenvalue weighted by molar-refractivity contribution is 0.576. The Balaban J connectivity index is 1.86. The van der Waals surface area contributed by atoms with Gasteiger partial charge in [0, 0.05) is 31.3 Å². The Morgan fingerprint density at radius 3 is 2.46 bits per heavy atom. The van der Waals surface area contributed by atoms with E-state index >= 15 is 0 Å². The van der Waals surface area contributed by atoms with Crippen LogP contribution in [0, 0.1) is 5.82 Å². The van der Waals surface area contributed by atoms with E-state index in [1.165, 1.54) is 18.4 Å². The van der Waals surface area contributed by atoms with Crippen molar-refractivity contribution in [1.29, 1.82) is 0 Å². The number of nitrogens with one attached hydrogen (secondary N) is 2. The van der Waals surface area contributed by atoms with E-state index in [2.05, 4.69) is 15.6 Å². The Morgan fingerprint density at radius 1 is 1.33 bits per heavy atom. The Hall–Kier alpha value is -1.63. The molecule has 5 nitrogen and oxygen atoms in total. The summed E-state index contributed by atoms with van der Waals surface area (Å²) in [5.74, 6) is 0.585. The zero-order valence-corrected chi connectivity index (χ0v) is 15.3. The molecular weight excluding hydrogens is 329 g/mol. The minimum Gasteiger partial charge on any atom is -0.356 e. The number of rotatable bonds is 7. The summed E-state index contributed by atoms with van der Waals surface area (Å²) >= 11 is 0. The Labute approximate surface area is 143 Å². The second kappa shape index (κ2) is 7.51. The molecule has 0 bridgehead atoms. The second-order valence-electron chi connectivity index (χ2n) is 6.68. The number of halogens is 1. The fourth-order valence-corrected chi connectivity index (χ4v) is 3.45.